The summed E-state index contributed by atoms with van der Waals surface area (Å²) in [5.41, 5.74) is 3.27. The number of para-hydroxylation sites is 1. The van der Waals surface area contributed by atoms with Crippen molar-refractivity contribution in [2.45, 2.75) is 13.5 Å². The molecule has 0 unspecified atom stereocenters. The minimum atomic E-state index is 0.708. The number of anilines is 1. The molecule has 0 saturated carbocycles. The first-order chi connectivity index (χ1) is 9.76. The molecule has 0 atom stereocenters. The largest absolute Gasteiger partial charge is 0.495 e. The lowest BCUT2D eigenvalue weighted by atomic mass is 10.2. The molecule has 20 heavy (non-hydrogen) atoms. The van der Waals surface area contributed by atoms with Crippen LogP contribution in [0, 0.1) is 6.92 Å². The molecule has 1 N–H and O–H groups in total. The zero-order valence-electron chi connectivity index (χ0n) is 11.5. The highest BCUT2D eigenvalue weighted by Crippen LogP contribution is 2.27. The summed E-state index contributed by atoms with van der Waals surface area (Å²) in [5, 5.41) is 4.48. The van der Waals surface area contributed by atoms with E-state index in [0.717, 1.165) is 22.0 Å². The highest BCUT2D eigenvalue weighted by Gasteiger charge is 2.06. The molecule has 102 valence electrons. The maximum atomic E-state index is 5.37. The van der Waals surface area contributed by atoms with Crippen LogP contribution in [-0.2, 0) is 6.54 Å². The third kappa shape index (κ3) is 2.60. The fourth-order valence-electron chi connectivity index (χ4n) is 2.13. The van der Waals surface area contributed by atoms with Crippen LogP contribution in [0.25, 0.3) is 10.2 Å². The van der Waals surface area contributed by atoms with Gasteiger partial charge in [0.05, 0.1) is 29.6 Å². The van der Waals surface area contributed by atoms with E-state index in [-0.39, 0.29) is 0 Å². The molecule has 3 rings (SSSR count). The fraction of sp³-hybridized carbons (Fsp3) is 0.188. The zero-order chi connectivity index (χ0) is 13.9. The third-order valence-electron chi connectivity index (χ3n) is 3.12. The number of methoxy groups -OCH3 is 1. The quantitative estimate of drug-likeness (QED) is 0.778. The average molecular weight is 284 g/mol. The monoisotopic (exact) mass is 284 g/mol. The first-order valence-corrected chi connectivity index (χ1v) is 7.31. The van der Waals surface area contributed by atoms with Crippen LogP contribution in [0.3, 0.4) is 0 Å². The number of ether oxygens (including phenoxy) is 1. The van der Waals surface area contributed by atoms with Crippen molar-refractivity contribution in [3.05, 3.63) is 53.0 Å². The number of benzene rings is 2. The number of aryl methyl sites for hydroxylation is 1. The molecule has 3 aromatic rings. The van der Waals surface area contributed by atoms with E-state index in [9.17, 15) is 0 Å². The molecule has 0 radical (unpaired) electrons. The van der Waals surface area contributed by atoms with Gasteiger partial charge in [0.15, 0.2) is 0 Å². The number of aromatic nitrogens is 1. The minimum Gasteiger partial charge on any atom is -0.495 e. The van der Waals surface area contributed by atoms with Crippen LogP contribution in [0.15, 0.2) is 42.5 Å². The van der Waals surface area contributed by atoms with Crippen molar-refractivity contribution in [1.82, 2.24) is 4.98 Å². The summed E-state index contributed by atoms with van der Waals surface area (Å²) in [4.78, 5) is 4.62. The van der Waals surface area contributed by atoms with Gasteiger partial charge in [0, 0.05) is 0 Å². The topological polar surface area (TPSA) is 34.1 Å². The molecule has 0 aliphatic carbocycles. The lowest BCUT2D eigenvalue weighted by Crippen LogP contribution is -2.01. The molecular weight excluding hydrogens is 268 g/mol. The SMILES string of the molecule is COc1ccc(C)cc1NCc1nc2ccccc2s1. The molecule has 3 nitrogen and oxygen atoms in total. The highest BCUT2D eigenvalue weighted by molar-refractivity contribution is 7.18. The number of nitrogens with zero attached hydrogens (tertiary/aromatic N) is 1. The van der Waals surface area contributed by atoms with Crippen molar-refractivity contribution in [2.75, 3.05) is 12.4 Å². The van der Waals surface area contributed by atoms with E-state index in [4.69, 9.17) is 4.74 Å². The Morgan fingerprint density at radius 3 is 2.85 bits per heavy atom. The predicted molar refractivity (Wildman–Crippen MR) is 84.7 cm³/mol. The van der Waals surface area contributed by atoms with Crippen LogP contribution in [0.4, 0.5) is 5.69 Å². The molecule has 0 bridgehead atoms. The number of thiazole rings is 1. The number of fused-ring (bicyclic) bond motifs is 1. The van der Waals surface area contributed by atoms with Crippen LogP contribution in [-0.4, -0.2) is 12.1 Å². The second-order valence-corrected chi connectivity index (χ2v) is 5.75. The molecule has 0 amide bonds. The smallest absolute Gasteiger partial charge is 0.141 e. The minimum absolute atomic E-state index is 0.708. The second kappa shape index (κ2) is 5.51. The van der Waals surface area contributed by atoms with Crippen molar-refractivity contribution >= 4 is 27.2 Å². The summed E-state index contributed by atoms with van der Waals surface area (Å²) < 4.78 is 6.59. The van der Waals surface area contributed by atoms with Crippen LogP contribution >= 0.6 is 11.3 Å². The van der Waals surface area contributed by atoms with E-state index < -0.39 is 0 Å². The summed E-state index contributed by atoms with van der Waals surface area (Å²) in [6, 6.07) is 14.3. The van der Waals surface area contributed by atoms with E-state index in [0.29, 0.717) is 6.54 Å². The summed E-state index contributed by atoms with van der Waals surface area (Å²) in [6.07, 6.45) is 0. The maximum absolute atomic E-state index is 5.37. The molecule has 2 aromatic carbocycles. The summed E-state index contributed by atoms with van der Waals surface area (Å²) in [7, 11) is 1.69. The van der Waals surface area contributed by atoms with Gasteiger partial charge in [0.25, 0.3) is 0 Å². The van der Waals surface area contributed by atoms with Crippen LogP contribution in [0.2, 0.25) is 0 Å². The Labute approximate surface area is 122 Å². The average Bonchev–Trinajstić information content (AvgIpc) is 2.88. The summed E-state index contributed by atoms with van der Waals surface area (Å²) in [6.45, 7) is 2.78. The van der Waals surface area contributed by atoms with E-state index in [1.165, 1.54) is 10.3 Å². The number of hydrogen-bond donors (Lipinski definition) is 1. The number of hydrogen-bond acceptors (Lipinski definition) is 4. The fourth-order valence-corrected chi connectivity index (χ4v) is 3.03. The molecule has 4 heteroatoms. The van der Waals surface area contributed by atoms with Gasteiger partial charge in [0.2, 0.25) is 0 Å². The Balaban J connectivity index is 1.80. The number of nitrogens with one attached hydrogen (secondary N) is 1. The van der Waals surface area contributed by atoms with Gasteiger partial charge >= 0.3 is 0 Å². The van der Waals surface area contributed by atoms with Gasteiger partial charge in [-0.15, -0.1) is 11.3 Å². The Kier molecular flexibility index (Phi) is 3.56. The van der Waals surface area contributed by atoms with Gasteiger partial charge in [0.1, 0.15) is 10.8 Å². The van der Waals surface area contributed by atoms with E-state index >= 15 is 0 Å². The Morgan fingerprint density at radius 1 is 1.20 bits per heavy atom. The molecule has 0 aliphatic heterocycles. The zero-order valence-corrected chi connectivity index (χ0v) is 12.3. The lowest BCUT2D eigenvalue weighted by Gasteiger charge is -2.10. The second-order valence-electron chi connectivity index (χ2n) is 4.63. The van der Waals surface area contributed by atoms with Gasteiger partial charge in [-0.2, -0.15) is 0 Å². The van der Waals surface area contributed by atoms with Crippen molar-refractivity contribution in [3.63, 3.8) is 0 Å². The van der Waals surface area contributed by atoms with E-state index in [1.807, 2.05) is 30.3 Å². The highest BCUT2D eigenvalue weighted by atomic mass is 32.1. The Bertz CT molecular complexity index is 703. The van der Waals surface area contributed by atoms with Crippen LogP contribution in [0.5, 0.6) is 5.75 Å². The van der Waals surface area contributed by atoms with Crippen molar-refractivity contribution in [2.24, 2.45) is 0 Å². The molecule has 1 aromatic heterocycles. The Hall–Kier alpha value is -2.07. The molecule has 0 saturated heterocycles. The van der Waals surface area contributed by atoms with Crippen LogP contribution < -0.4 is 10.1 Å². The number of rotatable bonds is 4. The van der Waals surface area contributed by atoms with Crippen molar-refractivity contribution in [1.29, 1.82) is 0 Å². The van der Waals surface area contributed by atoms with Gasteiger partial charge in [-0.05, 0) is 36.8 Å². The van der Waals surface area contributed by atoms with Gasteiger partial charge in [-0.3, -0.25) is 0 Å². The maximum Gasteiger partial charge on any atom is 0.141 e. The predicted octanol–water partition coefficient (Wildman–Crippen LogP) is 4.23. The van der Waals surface area contributed by atoms with Gasteiger partial charge in [-0.1, -0.05) is 18.2 Å². The molecule has 0 aliphatic rings. The summed E-state index contributed by atoms with van der Waals surface area (Å²) >= 11 is 1.72. The normalized spacial score (nSPS) is 10.7. The lowest BCUT2D eigenvalue weighted by molar-refractivity contribution is 0.416. The standard InChI is InChI=1S/C16H16N2OS/c1-11-7-8-14(19-2)13(9-11)17-10-16-18-12-5-3-4-6-15(12)20-16/h3-9,17H,10H2,1-2H3. The van der Waals surface area contributed by atoms with Gasteiger partial charge in [-0.25, -0.2) is 4.98 Å². The van der Waals surface area contributed by atoms with Crippen molar-refractivity contribution in [3.8, 4) is 5.75 Å². The first kappa shape index (κ1) is 12.9. The third-order valence-corrected chi connectivity index (χ3v) is 4.16. The molecule has 0 fully saturated rings. The summed E-state index contributed by atoms with van der Waals surface area (Å²) in [5.74, 6) is 0.858. The van der Waals surface area contributed by atoms with Gasteiger partial charge < -0.3 is 10.1 Å². The van der Waals surface area contributed by atoms with E-state index in [1.54, 1.807) is 18.4 Å². The van der Waals surface area contributed by atoms with Crippen LogP contribution in [0.1, 0.15) is 10.6 Å². The van der Waals surface area contributed by atoms with Crippen molar-refractivity contribution < 1.29 is 4.74 Å². The Morgan fingerprint density at radius 2 is 2.05 bits per heavy atom. The molecule has 1 heterocycles. The first-order valence-electron chi connectivity index (χ1n) is 6.49. The molecule has 0 spiro atoms. The molecular formula is C16H16N2OS. The van der Waals surface area contributed by atoms with E-state index in [2.05, 4.69) is 29.4 Å².